The molecule has 6 nitrogen and oxygen atoms in total. The van der Waals surface area contributed by atoms with Crippen LogP contribution in [0.5, 0.6) is 0 Å². The van der Waals surface area contributed by atoms with E-state index in [4.69, 9.17) is 5.84 Å². The van der Waals surface area contributed by atoms with Crippen LogP contribution in [-0.4, -0.2) is 17.2 Å². The molecule has 0 bridgehead atoms. The van der Waals surface area contributed by atoms with E-state index in [0.717, 1.165) is 0 Å². The summed E-state index contributed by atoms with van der Waals surface area (Å²) in [4.78, 5) is 19.8. The number of hydrogen-bond acceptors (Lipinski definition) is 4. The van der Waals surface area contributed by atoms with Gasteiger partial charge in [0.1, 0.15) is 6.34 Å². The summed E-state index contributed by atoms with van der Waals surface area (Å²) < 4.78 is 0. The Morgan fingerprint density at radius 2 is 1.84 bits per heavy atom. The predicted molar refractivity (Wildman–Crippen MR) is 74.1 cm³/mol. The molecule has 2 aromatic rings. The first kappa shape index (κ1) is 12.7. The minimum atomic E-state index is -0.182. The summed E-state index contributed by atoms with van der Waals surface area (Å²) in [5.74, 6) is 4.89. The minimum absolute atomic E-state index is 0.182. The number of nitrogens with two attached hydrogens (primary N) is 1. The highest BCUT2D eigenvalue weighted by Gasteiger charge is 2.05. The Morgan fingerprint density at radius 3 is 2.47 bits per heavy atom. The molecule has 4 N–H and O–H groups in total. The molecule has 1 heterocycles. The van der Waals surface area contributed by atoms with Crippen molar-refractivity contribution in [3.8, 4) is 0 Å². The fourth-order valence-electron chi connectivity index (χ4n) is 1.45. The maximum atomic E-state index is 11.9. The second-order valence-corrected chi connectivity index (χ2v) is 3.66. The summed E-state index contributed by atoms with van der Waals surface area (Å²) in [6, 6.07) is 10.3. The SMILES string of the molecule is NNC=Nc1ccc(C(=O)Nc2ccncc2)cc1. The number of amides is 1. The van der Waals surface area contributed by atoms with Crippen molar-refractivity contribution in [3.63, 3.8) is 0 Å². The van der Waals surface area contributed by atoms with Gasteiger partial charge in [-0.3, -0.25) is 9.78 Å². The van der Waals surface area contributed by atoms with Crippen molar-refractivity contribution in [2.24, 2.45) is 10.8 Å². The Hall–Kier alpha value is -2.73. The zero-order valence-electron chi connectivity index (χ0n) is 10.1. The maximum Gasteiger partial charge on any atom is 0.255 e. The molecule has 0 fully saturated rings. The van der Waals surface area contributed by atoms with Gasteiger partial charge in [-0.05, 0) is 36.4 Å². The zero-order valence-corrected chi connectivity index (χ0v) is 10.1. The number of nitrogens with zero attached hydrogens (tertiary/aromatic N) is 2. The van der Waals surface area contributed by atoms with Gasteiger partial charge in [0, 0.05) is 23.6 Å². The van der Waals surface area contributed by atoms with Crippen LogP contribution in [0.15, 0.2) is 53.8 Å². The number of hydrazine groups is 1. The summed E-state index contributed by atoms with van der Waals surface area (Å²) in [6.07, 6.45) is 4.60. The quantitative estimate of drug-likeness (QED) is 0.334. The number of pyridine rings is 1. The second kappa shape index (κ2) is 6.27. The van der Waals surface area contributed by atoms with Crippen molar-refractivity contribution < 1.29 is 4.79 Å². The Bertz CT molecular complexity index is 565. The van der Waals surface area contributed by atoms with Crippen LogP contribution in [-0.2, 0) is 0 Å². The second-order valence-electron chi connectivity index (χ2n) is 3.66. The molecule has 2 rings (SSSR count). The molecule has 0 radical (unpaired) electrons. The predicted octanol–water partition coefficient (Wildman–Crippen LogP) is 1.46. The van der Waals surface area contributed by atoms with Gasteiger partial charge in [-0.1, -0.05) is 0 Å². The Labute approximate surface area is 110 Å². The molecule has 6 heteroatoms. The molecule has 0 spiro atoms. The first-order chi connectivity index (χ1) is 9.29. The smallest absolute Gasteiger partial charge is 0.255 e. The third kappa shape index (κ3) is 3.62. The lowest BCUT2D eigenvalue weighted by atomic mass is 10.2. The molecule has 1 amide bonds. The van der Waals surface area contributed by atoms with Crippen LogP contribution in [0.2, 0.25) is 0 Å². The van der Waals surface area contributed by atoms with Crippen LogP contribution in [0.4, 0.5) is 11.4 Å². The van der Waals surface area contributed by atoms with E-state index in [1.807, 2.05) is 0 Å². The average Bonchev–Trinajstić information content (AvgIpc) is 2.46. The van der Waals surface area contributed by atoms with E-state index < -0.39 is 0 Å². The number of carbonyl (C=O) groups is 1. The largest absolute Gasteiger partial charge is 0.322 e. The van der Waals surface area contributed by atoms with Crippen molar-refractivity contribution in [2.45, 2.75) is 0 Å². The molecule has 0 aliphatic carbocycles. The van der Waals surface area contributed by atoms with Gasteiger partial charge in [0.05, 0.1) is 5.69 Å². The molecule has 1 aromatic carbocycles. The van der Waals surface area contributed by atoms with Gasteiger partial charge >= 0.3 is 0 Å². The summed E-state index contributed by atoms with van der Waals surface area (Å²) in [5, 5.41) is 2.77. The molecule has 0 aliphatic heterocycles. The molecule has 0 saturated carbocycles. The van der Waals surface area contributed by atoms with E-state index in [-0.39, 0.29) is 5.91 Å². The molecule has 0 atom stereocenters. The Morgan fingerprint density at radius 1 is 1.16 bits per heavy atom. The fourth-order valence-corrected chi connectivity index (χ4v) is 1.45. The molecular weight excluding hydrogens is 242 g/mol. The van der Waals surface area contributed by atoms with Crippen LogP contribution in [0.25, 0.3) is 0 Å². The zero-order chi connectivity index (χ0) is 13.5. The molecule has 1 aromatic heterocycles. The van der Waals surface area contributed by atoms with Crippen molar-refractivity contribution in [3.05, 3.63) is 54.4 Å². The number of aliphatic imine (C=N–C) groups is 1. The number of anilines is 1. The van der Waals surface area contributed by atoms with Crippen molar-refractivity contribution in [1.29, 1.82) is 0 Å². The van der Waals surface area contributed by atoms with Crippen LogP contribution >= 0.6 is 0 Å². The van der Waals surface area contributed by atoms with Crippen LogP contribution in [0, 0.1) is 0 Å². The van der Waals surface area contributed by atoms with E-state index in [9.17, 15) is 4.79 Å². The Kier molecular flexibility index (Phi) is 4.20. The average molecular weight is 255 g/mol. The van der Waals surface area contributed by atoms with Gasteiger partial charge in [0.2, 0.25) is 0 Å². The van der Waals surface area contributed by atoms with Crippen molar-refractivity contribution in [2.75, 3.05) is 5.32 Å². The molecule has 0 saturated heterocycles. The summed E-state index contributed by atoms with van der Waals surface area (Å²) in [7, 11) is 0. The minimum Gasteiger partial charge on any atom is -0.322 e. The van der Waals surface area contributed by atoms with Gasteiger partial charge in [0.15, 0.2) is 0 Å². The standard InChI is InChI=1S/C13H13N5O/c14-17-9-16-11-3-1-10(2-4-11)13(19)18-12-5-7-15-8-6-12/h1-9H,14H2,(H,16,17)(H,15,18,19). The number of carbonyl (C=O) groups excluding carboxylic acids is 1. The number of aromatic nitrogens is 1. The van der Waals surface area contributed by atoms with Gasteiger partial charge in [-0.15, -0.1) is 0 Å². The van der Waals surface area contributed by atoms with E-state index in [1.165, 1.54) is 6.34 Å². The molecule has 0 unspecified atom stereocenters. The Balaban J connectivity index is 2.05. The van der Waals surface area contributed by atoms with E-state index in [1.54, 1.807) is 48.8 Å². The fraction of sp³-hybridized carbons (Fsp3) is 0. The third-order valence-corrected chi connectivity index (χ3v) is 2.36. The lowest BCUT2D eigenvalue weighted by Gasteiger charge is -2.04. The number of hydrogen-bond donors (Lipinski definition) is 3. The highest BCUT2D eigenvalue weighted by molar-refractivity contribution is 6.04. The monoisotopic (exact) mass is 255 g/mol. The molecule has 0 aliphatic rings. The third-order valence-electron chi connectivity index (χ3n) is 2.36. The molecule has 19 heavy (non-hydrogen) atoms. The van der Waals surface area contributed by atoms with Crippen molar-refractivity contribution in [1.82, 2.24) is 10.4 Å². The molecule has 96 valence electrons. The van der Waals surface area contributed by atoms with E-state index in [2.05, 4.69) is 20.7 Å². The first-order valence-electron chi connectivity index (χ1n) is 5.60. The molecular formula is C13H13N5O. The summed E-state index contributed by atoms with van der Waals surface area (Å²) >= 11 is 0. The highest BCUT2D eigenvalue weighted by Crippen LogP contribution is 2.13. The normalized spacial score (nSPS) is 10.4. The summed E-state index contributed by atoms with van der Waals surface area (Å²) in [5.41, 5.74) is 4.27. The van der Waals surface area contributed by atoms with Crippen LogP contribution < -0.4 is 16.6 Å². The highest BCUT2D eigenvalue weighted by atomic mass is 16.1. The number of nitrogens with one attached hydrogen (secondary N) is 2. The maximum absolute atomic E-state index is 11.9. The summed E-state index contributed by atoms with van der Waals surface area (Å²) in [6.45, 7) is 0. The topological polar surface area (TPSA) is 92.4 Å². The van der Waals surface area contributed by atoms with Gasteiger partial charge in [-0.2, -0.15) is 0 Å². The van der Waals surface area contributed by atoms with Crippen LogP contribution in [0.3, 0.4) is 0 Å². The lowest BCUT2D eigenvalue weighted by molar-refractivity contribution is 0.102. The van der Waals surface area contributed by atoms with Crippen LogP contribution in [0.1, 0.15) is 10.4 Å². The first-order valence-corrected chi connectivity index (χ1v) is 5.60. The van der Waals surface area contributed by atoms with E-state index in [0.29, 0.717) is 16.9 Å². The van der Waals surface area contributed by atoms with Gasteiger partial charge in [0.25, 0.3) is 5.91 Å². The van der Waals surface area contributed by atoms with E-state index >= 15 is 0 Å². The van der Waals surface area contributed by atoms with Gasteiger partial charge < -0.3 is 10.7 Å². The number of benzene rings is 1. The number of rotatable bonds is 4. The van der Waals surface area contributed by atoms with Gasteiger partial charge in [-0.25, -0.2) is 10.8 Å². The van der Waals surface area contributed by atoms with Crippen molar-refractivity contribution >= 4 is 23.6 Å². The lowest BCUT2D eigenvalue weighted by Crippen LogP contribution is -2.18.